The summed E-state index contributed by atoms with van der Waals surface area (Å²) in [6, 6.07) is -0.788. The summed E-state index contributed by atoms with van der Waals surface area (Å²) in [5.41, 5.74) is 0. The fourth-order valence-corrected chi connectivity index (χ4v) is 2.31. The lowest BCUT2D eigenvalue weighted by molar-refractivity contribution is -0.142. The molecule has 6 heteroatoms. The van der Waals surface area contributed by atoms with Gasteiger partial charge in [-0.1, -0.05) is 12.8 Å². The van der Waals surface area contributed by atoms with Crippen LogP contribution in [0, 0.1) is 5.92 Å². The van der Waals surface area contributed by atoms with E-state index in [1.807, 2.05) is 13.8 Å². The van der Waals surface area contributed by atoms with Gasteiger partial charge in [-0.15, -0.1) is 0 Å². The van der Waals surface area contributed by atoms with E-state index in [2.05, 4.69) is 5.32 Å². The van der Waals surface area contributed by atoms with E-state index >= 15 is 0 Å². The monoisotopic (exact) mass is 298 g/mol. The van der Waals surface area contributed by atoms with Crippen molar-refractivity contribution in [3.8, 4) is 0 Å². The molecule has 0 heterocycles. The topological polar surface area (TPSA) is 86.7 Å². The molecule has 0 aromatic carbocycles. The van der Waals surface area contributed by atoms with Crippen molar-refractivity contribution in [3.63, 3.8) is 0 Å². The first-order valence-corrected chi connectivity index (χ1v) is 7.77. The van der Waals surface area contributed by atoms with E-state index in [0.29, 0.717) is 38.3 Å². The van der Waals surface area contributed by atoms with Gasteiger partial charge in [0.1, 0.15) is 6.04 Å². The SMILES string of the molecule is CCN(CC)C(=O)CCCC(=O)NC(CC1CC1)C(=O)O. The van der Waals surface area contributed by atoms with Crippen LogP contribution in [0.5, 0.6) is 0 Å². The van der Waals surface area contributed by atoms with Gasteiger partial charge in [0.25, 0.3) is 0 Å². The number of aliphatic carboxylic acids is 1. The summed E-state index contributed by atoms with van der Waals surface area (Å²) in [5.74, 6) is -0.777. The van der Waals surface area contributed by atoms with Crippen molar-refractivity contribution in [1.29, 1.82) is 0 Å². The summed E-state index contributed by atoms with van der Waals surface area (Å²) in [6.07, 6.45) is 3.60. The number of rotatable bonds is 10. The Morgan fingerprint density at radius 2 is 1.81 bits per heavy atom. The first-order chi connectivity index (χ1) is 9.97. The van der Waals surface area contributed by atoms with Gasteiger partial charge in [-0.3, -0.25) is 9.59 Å². The molecule has 0 spiro atoms. The lowest BCUT2D eigenvalue weighted by Crippen LogP contribution is -2.41. The van der Waals surface area contributed by atoms with Gasteiger partial charge in [0.05, 0.1) is 0 Å². The van der Waals surface area contributed by atoms with Crippen LogP contribution in [-0.2, 0) is 14.4 Å². The van der Waals surface area contributed by atoms with Crippen LogP contribution in [0.2, 0.25) is 0 Å². The molecule has 1 atom stereocenters. The number of nitrogens with one attached hydrogen (secondary N) is 1. The molecule has 2 amide bonds. The van der Waals surface area contributed by atoms with E-state index in [9.17, 15) is 14.4 Å². The van der Waals surface area contributed by atoms with E-state index in [-0.39, 0.29) is 18.2 Å². The Hall–Kier alpha value is -1.59. The van der Waals surface area contributed by atoms with Gasteiger partial charge in [0, 0.05) is 25.9 Å². The van der Waals surface area contributed by atoms with E-state index in [4.69, 9.17) is 5.11 Å². The van der Waals surface area contributed by atoms with Gasteiger partial charge in [-0.05, 0) is 32.6 Å². The molecule has 1 fully saturated rings. The number of carboxylic acid groups (broad SMARTS) is 1. The average Bonchev–Trinajstić information content (AvgIpc) is 3.23. The minimum absolute atomic E-state index is 0.0422. The quantitative estimate of drug-likeness (QED) is 0.638. The van der Waals surface area contributed by atoms with Crippen molar-refractivity contribution in [2.24, 2.45) is 5.92 Å². The summed E-state index contributed by atoms with van der Waals surface area (Å²) in [6.45, 7) is 5.18. The molecule has 1 rings (SSSR count). The van der Waals surface area contributed by atoms with Crippen LogP contribution in [-0.4, -0.2) is 46.9 Å². The molecule has 1 saturated carbocycles. The Balaban J connectivity index is 2.25. The summed E-state index contributed by atoms with van der Waals surface area (Å²) in [4.78, 5) is 36.3. The summed E-state index contributed by atoms with van der Waals surface area (Å²) in [7, 11) is 0. The third-order valence-corrected chi connectivity index (χ3v) is 3.81. The van der Waals surface area contributed by atoms with E-state index in [1.165, 1.54) is 0 Å². The standard InChI is InChI=1S/C15H26N2O4/c1-3-17(4-2)14(19)7-5-6-13(18)16-12(15(20)21)10-11-8-9-11/h11-12H,3-10H2,1-2H3,(H,16,18)(H,20,21). The molecule has 0 aromatic heterocycles. The van der Waals surface area contributed by atoms with Gasteiger partial charge in [0.2, 0.25) is 11.8 Å². The third kappa shape index (κ3) is 6.60. The van der Waals surface area contributed by atoms with Crippen LogP contribution in [0.4, 0.5) is 0 Å². The van der Waals surface area contributed by atoms with Crippen molar-refractivity contribution in [3.05, 3.63) is 0 Å². The molecule has 6 nitrogen and oxygen atoms in total. The lowest BCUT2D eigenvalue weighted by Gasteiger charge is -2.18. The Kier molecular flexibility index (Phi) is 7.19. The minimum Gasteiger partial charge on any atom is -0.480 e. The average molecular weight is 298 g/mol. The predicted molar refractivity (Wildman–Crippen MR) is 78.7 cm³/mol. The van der Waals surface area contributed by atoms with Gasteiger partial charge in [0.15, 0.2) is 0 Å². The van der Waals surface area contributed by atoms with Crippen LogP contribution in [0.1, 0.15) is 52.4 Å². The van der Waals surface area contributed by atoms with E-state index in [1.54, 1.807) is 4.90 Å². The highest BCUT2D eigenvalue weighted by molar-refractivity contribution is 5.84. The van der Waals surface area contributed by atoms with Crippen molar-refractivity contribution < 1.29 is 19.5 Å². The maximum absolute atomic E-state index is 11.8. The summed E-state index contributed by atoms with van der Waals surface area (Å²) in [5, 5.41) is 11.6. The number of carboxylic acids is 1. The van der Waals surface area contributed by atoms with Crippen molar-refractivity contribution in [1.82, 2.24) is 10.2 Å². The zero-order valence-corrected chi connectivity index (χ0v) is 12.9. The Morgan fingerprint density at radius 3 is 2.29 bits per heavy atom. The summed E-state index contributed by atoms with van der Waals surface area (Å²) >= 11 is 0. The van der Waals surface area contributed by atoms with Crippen molar-refractivity contribution in [2.75, 3.05) is 13.1 Å². The molecule has 0 aromatic rings. The number of amides is 2. The number of nitrogens with zero attached hydrogens (tertiary/aromatic N) is 1. The molecule has 1 unspecified atom stereocenters. The van der Waals surface area contributed by atoms with Crippen molar-refractivity contribution >= 4 is 17.8 Å². The van der Waals surface area contributed by atoms with E-state index < -0.39 is 12.0 Å². The highest BCUT2D eigenvalue weighted by Crippen LogP contribution is 2.33. The molecule has 0 aliphatic heterocycles. The zero-order chi connectivity index (χ0) is 15.8. The van der Waals surface area contributed by atoms with Gasteiger partial charge < -0.3 is 15.3 Å². The van der Waals surface area contributed by atoms with Gasteiger partial charge >= 0.3 is 5.97 Å². The number of carbonyl (C=O) groups excluding carboxylic acids is 2. The van der Waals surface area contributed by atoms with Crippen LogP contribution in [0.3, 0.4) is 0 Å². The Morgan fingerprint density at radius 1 is 1.19 bits per heavy atom. The van der Waals surface area contributed by atoms with Crippen LogP contribution in [0.25, 0.3) is 0 Å². The molecule has 0 bridgehead atoms. The van der Waals surface area contributed by atoms with E-state index in [0.717, 1.165) is 12.8 Å². The second-order valence-corrected chi connectivity index (χ2v) is 5.56. The highest BCUT2D eigenvalue weighted by Gasteiger charge is 2.30. The lowest BCUT2D eigenvalue weighted by atomic mass is 10.1. The maximum Gasteiger partial charge on any atom is 0.326 e. The molecule has 0 radical (unpaired) electrons. The Labute approximate surface area is 125 Å². The second-order valence-electron chi connectivity index (χ2n) is 5.56. The second kappa shape index (κ2) is 8.64. The zero-order valence-electron chi connectivity index (χ0n) is 12.9. The number of carbonyl (C=O) groups is 3. The molecule has 1 aliphatic rings. The molecule has 21 heavy (non-hydrogen) atoms. The number of hydrogen-bond acceptors (Lipinski definition) is 3. The Bertz CT molecular complexity index is 376. The molecule has 0 saturated heterocycles. The predicted octanol–water partition coefficient (Wildman–Crippen LogP) is 1.39. The highest BCUT2D eigenvalue weighted by atomic mass is 16.4. The number of hydrogen-bond donors (Lipinski definition) is 2. The fraction of sp³-hybridized carbons (Fsp3) is 0.800. The fourth-order valence-electron chi connectivity index (χ4n) is 2.31. The van der Waals surface area contributed by atoms with Crippen molar-refractivity contribution in [2.45, 2.75) is 58.4 Å². The van der Waals surface area contributed by atoms with Crippen LogP contribution < -0.4 is 5.32 Å². The maximum atomic E-state index is 11.8. The van der Waals surface area contributed by atoms with Gasteiger partial charge in [-0.2, -0.15) is 0 Å². The molecule has 120 valence electrons. The normalized spacial score (nSPS) is 15.3. The smallest absolute Gasteiger partial charge is 0.326 e. The minimum atomic E-state index is -0.977. The third-order valence-electron chi connectivity index (χ3n) is 3.81. The first kappa shape index (κ1) is 17.5. The molecular formula is C15H26N2O4. The summed E-state index contributed by atoms with van der Waals surface area (Å²) < 4.78 is 0. The van der Waals surface area contributed by atoms with Crippen LogP contribution >= 0.6 is 0 Å². The largest absolute Gasteiger partial charge is 0.480 e. The first-order valence-electron chi connectivity index (χ1n) is 7.77. The molecule has 2 N–H and O–H groups in total. The van der Waals surface area contributed by atoms with Gasteiger partial charge in [-0.25, -0.2) is 4.79 Å². The van der Waals surface area contributed by atoms with Crippen LogP contribution in [0.15, 0.2) is 0 Å². The molecular weight excluding hydrogens is 272 g/mol. The molecule has 1 aliphatic carbocycles.